The van der Waals surface area contributed by atoms with Gasteiger partial charge < -0.3 is 18.9 Å². The first-order valence-corrected chi connectivity index (χ1v) is 9.55. The standard InChI is InChI=1S/C16H27BINO4/c1-6-7-13(18)21-14(20)19-10-8-12(9-11-19)17-22-15(2,3)16(4,5)23-17/h8,13H,6-7,9-11H2,1-5H3. The van der Waals surface area contributed by atoms with Crippen molar-refractivity contribution in [3.63, 3.8) is 0 Å². The van der Waals surface area contributed by atoms with E-state index in [0.29, 0.717) is 13.1 Å². The summed E-state index contributed by atoms with van der Waals surface area (Å²) in [6.45, 7) is 11.5. The van der Waals surface area contributed by atoms with Crippen molar-refractivity contribution < 1.29 is 18.8 Å². The zero-order valence-corrected chi connectivity index (χ0v) is 16.9. The molecule has 0 spiro atoms. The van der Waals surface area contributed by atoms with Crippen molar-refractivity contribution in [1.82, 2.24) is 4.90 Å². The van der Waals surface area contributed by atoms with Gasteiger partial charge in [-0.1, -0.05) is 19.4 Å². The highest BCUT2D eigenvalue weighted by Crippen LogP contribution is 2.39. The minimum absolute atomic E-state index is 0.0569. The summed E-state index contributed by atoms with van der Waals surface area (Å²) in [5.41, 5.74) is 0.457. The Hall–Kier alpha value is -0.275. The number of alkyl halides is 1. The van der Waals surface area contributed by atoms with Gasteiger partial charge in [0.1, 0.15) is 0 Å². The maximum Gasteiger partial charge on any atom is 0.490 e. The molecule has 1 amide bonds. The highest BCUT2D eigenvalue weighted by molar-refractivity contribution is 14.1. The van der Waals surface area contributed by atoms with Gasteiger partial charge in [-0.25, -0.2) is 4.79 Å². The highest BCUT2D eigenvalue weighted by atomic mass is 127. The van der Waals surface area contributed by atoms with Gasteiger partial charge in [-0.2, -0.15) is 0 Å². The molecule has 2 aliphatic rings. The van der Waals surface area contributed by atoms with Crippen LogP contribution in [0.2, 0.25) is 0 Å². The van der Waals surface area contributed by atoms with Crippen LogP contribution in [0.25, 0.3) is 0 Å². The molecule has 23 heavy (non-hydrogen) atoms. The normalized spacial score (nSPS) is 24.3. The molecular weight excluding hydrogens is 408 g/mol. The number of hydrogen-bond donors (Lipinski definition) is 0. The average molecular weight is 435 g/mol. The van der Waals surface area contributed by atoms with Crippen LogP contribution < -0.4 is 0 Å². The largest absolute Gasteiger partial charge is 0.490 e. The average Bonchev–Trinajstić information content (AvgIpc) is 2.68. The van der Waals surface area contributed by atoms with Gasteiger partial charge in [0, 0.05) is 13.1 Å². The Morgan fingerprint density at radius 3 is 2.48 bits per heavy atom. The number of amides is 1. The van der Waals surface area contributed by atoms with Crippen LogP contribution in [-0.2, 0) is 14.0 Å². The van der Waals surface area contributed by atoms with Gasteiger partial charge >= 0.3 is 13.2 Å². The summed E-state index contributed by atoms with van der Waals surface area (Å²) >= 11 is 2.17. The third kappa shape index (κ3) is 4.42. The van der Waals surface area contributed by atoms with E-state index in [1.165, 1.54) is 0 Å². The summed E-state index contributed by atoms with van der Waals surface area (Å²) in [5, 5.41) is 0. The van der Waals surface area contributed by atoms with Gasteiger partial charge in [0.25, 0.3) is 0 Å². The molecule has 2 aliphatic heterocycles. The quantitative estimate of drug-likeness (QED) is 0.382. The molecule has 0 saturated carbocycles. The molecule has 0 aromatic heterocycles. The van der Waals surface area contributed by atoms with E-state index >= 15 is 0 Å². The van der Waals surface area contributed by atoms with E-state index in [-0.39, 0.29) is 28.5 Å². The van der Waals surface area contributed by atoms with E-state index < -0.39 is 0 Å². The maximum absolute atomic E-state index is 12.1. The van der Waals surface area contributed by atoms with Crippen molar-refractivity contribution in [3.8, 4) is 0 Å². The second kappa shape index (κ2) is 7.31. The number of halogens is 1. The van der Waals surface area contributed by atoms with E-state index in [9.17, 15) is 4.79 Å². The predicted molar refractivity (Wildman–Crippen MR) is 99.6 cm³/mol. The first-order chi connectivity index (χ1) is 10.7. The second-order valence-corrected chi connectivity index (χ2v) is 8.54. The van der Waals surface area contributed by atoms with Crippen LogP contribution in [0.1, 0.15) is 53.9 Å². The first kappa shape index (κ1) is 19.1. The molecule has 0 aromatic carbocycles. The summed E-state index contributed by atoms with van der Waals surface area (Å²) in [7, 11) is -0.310. The Balaban J connectivity index is 1.91. The maximum atomic E-state index is 12.1. The highest BCUT2D eigenvalue weighted by Gasteiger charge is 2.52. The molecule has 5 nitrogen and oxygen atoms in total. The first-order valence-electron chi connectivity index (χ1n) is 8.30. The number of rotatable bonds is 4. The molecular formula is C16H27BINO4. The number of carbonyl (C=O) groups is 1. The molecule has 1 atom stereocenters. The smallest absolute Gasteiger partial charge is 0.435 e. The molecule has 0 aromatic rings. The minimum Gasteiger partial charge on any atom is -0.435 e. The van der Waals surface area contributed by atoms with Crippen molar-refractivity contribution in [2.45, 2.75) is 69.2 Å². The van der Waals surface area contributed by atoms with Gasteiger partial charge in [0.15, 0.2) is 4.11 Å². The van der Waals surface area contributed by atoms with E-state index in [2.05, 4.69) is 29.5 Å². The van der Waals surface area contributed by atoms with Crippen molar-refractivity contribution in [2.24, 2.45) is 0 Å². The second-order valence-electron chi connectivity index (χ2n) is 7.15. The summed E-state index contributed by atoms with van der Waals surface area (Å²) in [4.78, 5) is 13.9. The molecule has 0 aliphatic carbocycles. The molecule has 0 N–H and O–H groups in total. The van der Waals surface area contributed by atoms with Crippen LogP contribution in [0.3, 0.4) is 0 Å². The third-order valence-corrected chi connectivity index (χ3v) is 5.68. The molecule has 7 heteroatoms. The van der Waals surface area contributed by atoms with Crippen LogP contribution in [0.5, 0.6) is 0 Å². The van der Waals surface area contributed by atoms with E-state index in [1.54, 1.807) is 4.90 Å². The Labute approximate surface area is 153 Å². The van der Waals surface area contributed by atoms with Gasteiger partial charge in [0.2, 0.25) is 0 Å². The zero-order chi connectivity index (χ0) is 17.3. The van der Waals surface area contributed by atoms with Crippen molar-refractivity contribution >= 4 is 35.8 Å². The lowest BCUT2D eigenvalue weighted by Gasteiger charge is -2.32. The number of nitrogens with zero attached hydrogens (tertiary/aromatic N) is 1. The minimum atomic E-state index is -0.330. The predicted octanol–water partition coefficient (Wildman–Crippen LogP) is 3.95. The van der Waals surface area contributed by atoms with Crippen molar-refractivity contribution in [3.05, 3.63) is 11.5 Å². The van der Waals surface area contributed by atoms with Gasteiger partial charge in [-0.3, -0.25) is 0 Å². The van der Waals surface area contributed by atoms with Crippen molar-refractivity contribution in [2.75, 3.05) is 13.1 Å². The van der Waals surface area contributed by atoms with Gasteiger partial charge in [-0.15, -0.1) is 0 Å². The lowest BCUT2D eigenvalue weighted by molar-refractivity contribution is 0.00578. The Morgan fingerprint density at radius 1 is 1.39 bits per heavy atom. The van der Waals surface area contributed by atoms with Gasteiger partial charge in [-0.05, 0) is 68.6 Å². The summed E-state index contributed by atoms with van der Waals surface area (Å²) in [6, 6.07) is 0. The lowest BCUT2D eigenvalue weighted by Crippen LogP contribution is -2.41. The molecule has 2 rings (SSSR count). The Bertz CT molecular complexity index is 465. The molecule has 130 valence electrons. The summed E-state index contributed by atoms with van der Waals surface area (Å²) in [5.74, 6) is 0. The van der Waals surface area contributed by atoms with Crippen LogP contribution in [0, 0.1) is 0 Å². The molecule has 0 radical (unpaired) electrons. The fourth-order valence-electron chi connectivity index (χ4n) is 2.53. The van der Waals surface area contributed by atoms with Crippen molar-refractivity contribution in [1.29, 1.82) is 0 Å². The van der Waals surface area contributed by atoms with E-state index in [4.69, 9.17) is 14.0 Å². The lowest BCUT2D eigenvalue weighted by atomic mass is 9.75. The monoisotopic (exact) mass is 435 g/mol. The van der Waals surface area contributed by atoms with E-state index in [1.807, 2.05) is 33.8 Å². The Morgan fingerprint density at radius 2 is 2.00 bits per heavy atom. The number of ether oxygens (including phenoxy) is 1. The molecule has 0 bridgehead atoms. The zero-order valence-electron chi connectivity index (χ0n) is 14.7. The SMILES string of the molecule is CCCC(I)OC(=O)N1CC=C(B2OC(C)(C)C(C)(C)O2)CC1. The number of carbonyl (C=O) groups excluding carboxylic acids is 1. The third-order valence-electron chi connectivity index (χ3n) is 4.80. The van der Waals surface area contributed by atoms with E-state index in [0.717, 1.165) is 24.7 Å². The van der Waals surface area contributed by atoms with Crippen LogP contribution >= 0.6 is 22.6 Å². The van der Waals surface area contributed by atoms with Gasteiger partial charge in [0.05, 0.1) is 11.2 Å². The fraction of sp³-hybridized carbons (Fsp3) is 0.812. The Kier molecular flexibility index (Phi) is 6.06. The summed E-state index contributed by atoms with van der Waals surface area (Å²) in [6.07, 6.45) is 4.45. The summed E-state index contributed by atoms with van der Waals surface area (Å²) < 4.78 is 17.5. The molecule has 1 unspecified atom stereocenters. The number of hydrogen-bond acceptors (Lipinski definition) is 4. The molecule has 2 heterocycles. The van der Waals surface area contributed by atoms with Crippen LogP contribution in [-0.4, -0.2) is 46.5 Å². The fourth-order valence-corrected chi connectivity index (χ4v) is 3.37. The topological polar surface area (TPSA) is 48.0 Å². The van der Waals surface area contributed by atoms with Crippen LogP contribution in [0.4, 0.5) is 4.79 Å². The molecule has 1 fully saturated rings. The van der Waals surface area contributed by atoms with Crippen LogP contribution in [0.15, 0.2) is 11.5 Å². The molecule has 1 saturated heterocycles.